The average Bonchev–Trinajstić information content (AvgIpc) is 2.54. The summed E-state index contributed by atoms with van der Waals surface area (Å²) in [6.45, 7) is 4.91. The number of amides is 2. The summed E-state index contributed by atoms with van der Waals surface area (Å²) in [6, 6.07) is 4.68. The van der Waals surface area contributed by atoms with Gasteiger partial charge >= 0.3 is 0 Å². The van der Waals surface area contributed by atoms with Crippen LogP contribution >= 0.6 is 0 Å². The molecule has 2 unspecified atom stereocenters. The number of non-ortho nitro benzene ring substituents is 1. The number of hydrogen-bond donors (Lipinski definition) is 1. The first-order chi connectivity index (χ1) is 10.9. The second-order valence-electron chi connectivity index (χ2n) is 5.47. The smallest absolute Gasteiger partial charge is 0.270 e. The molecule has 0 saturated carbocycles. The highest BCUT2D eigenvalue weighted by atomic mass is 16.6. The molecule has 2 rings (SSSR count). The second kappa shape index (κ2) is 7.19. The van der Waals surface area contributed by atoms with Gasteiger partial charge in [-0.05, 0) is 19.9 Å². The zero-order valence-electron chi connectivity index (χ0n) is 13.0. The first-order valence-corrected chi connectivity index (χ1v) is 7.34. The predicted molar refractivity (Wildman–Crippen MR) is 82.0 cm³/mol. The molecule has 0 bridgehead atoms. The number of nitro groups is 1. The van der Waals surface area contributed by atoms with Crippen molar-refractivity contribution in [2.75, 3.05) is 19.7 Å². The molecule has 1 heterocycles. The van der Waals surface area contributed by atoms with Crippen molar-refractivity contribution in [3.63, 3.8) is 0 Å². The monoisotopic (exact) mass is 321 g/mol. The minimum Gasteiger partial charge on any atom is -0.375 e. The summed E-state index contributed by atoms with van der Waals surface area (Å²) >= 11 is 0. The van der Waals surface area contributed by atoms with E-state index in [0.29, 0.717) is 19.7 Å². The van der Waals surface area contributed by atoms with E-state index in [2.05, 4.69) is 5.32 Å². The zero-order valence-corrected chi connectivity index (χ0v) is 13.0. The van der Waals surface area contributed by atoms with Crippen LogP contribution in [0.4, 0.5) is 5.69 Å². The highest BCUT2D eigenvalue weighted by Gasteiger charge is 2.26. The second-order valence-corrected chi connectivity index (χ2v) is 5.47. The van der Waals surface area contributed by atoms with Crippen molar-refractivity contribution in [1.82, 2.24) is 10.2 Å². The molecular formula is C15H19N3O5. The molecule has 1 N–H and O–H groups in total. The van der Waals surface area contributed by atoms with Crippen LogP contribution in [-0.2, 0) is 9.53 Å². The molecule has 124 valence electrons. The van der Waals surface area contributed by atoms with Gasteiger partial charge in [0.05, 0.1) is 17.6 Å². The van der Waals surface area contributed by atoms with Gasteiger partial charge in [-0.3, -0.25) is 19.7 Å². The first kappa shape index (κ1) is 16.9. The number of nitrogens with one attached hydrogen (secondary N) is 1. The normalized spacial score (nSPS) is 19.0. The Balaban J connectivity index is 2.00. The Morgan fingerprint density at radius 3 is 2.87 bits per heavy atom. The largest absolute Gasteiger partial charge is 0.375 e. The van der Waals surface area contributed by atoms with Crippen LogP contribution in [0.1, 0.15) is 24.2 Å². The van der Waals surface area contributed by atoms with Gasteiger partial charge in [0.1, 0.15) is 6.04 Å². The third-order valence-corrected chi connectivity index (χ3v) is 3.59. The molecule has 1 aromatic carbocycles. The fraction of sp³-hybridized carbons (Fsp3) is 0.467. The number of benzene rings is 1. The standard InChI is InChI=1S/C15H19N3O5/c1-10-9-17(6-7-23-10)15(20)11(2)16-14(19)12-4-3-5-13(8-12)18(21)22/h3-5,8,10-11H,6-7,9H2,1-2H3,(H,16,19). The SMILES string of the molecule is CC1CN(C(=O)C(C)NC(=O)c2cccc([N+](=O)[O-])c2)CCO1. The van der Waals surface area contributed by atoms with E-state index in [-0.39, 0.29) is 23.3 Å². The van der Waals surface area contributed by atoms with Crippen LogP contribution in [-0.4, -0.2) is 53.5 Å². The number of carbonyl (C=O) groups is 2. The Morgan fingerprint density at radius 2 is 2.22 bits per heavy atom. The zero-order chi connectivity index (χ0) is 17.0. The van der Waals surface area contributed by atoms with Crippen LogP contribution in [0.2, 0.25) is 0 Å². The number of rotatable bonds is 4. The fourth-order valence-electron chi connectivity index (χ4n) is 2.39. The van der Waals surface area contributed by atoms with Crippen molar-refractivity contribution < 1.29 is 19.2 Å². The number of ether oxygens (including phenoxy) is 1. The van der Waals surface area contributed by atoms with Crippen molar-refractivity contribution in [2.45, 2.75) is 26.0 Å². The van der Waals surface area contributed by atoms with E-state index in [1.54, 1.807) is 11.8 Å². The van der Waals surface area contributed by atoms with Crippen molar-refractivity contribution in [1.29, 1.82) is 0 Å². The molecule has 1 saturated heterocycles. The molecule has 0 spiro atoms. The highest BCUT2D eigenvalue weighted by Crippen LogP contribution is 2.13. The number of carbonyl (C=O) groups excluding carboxylic acids is 2. The molecule has 1 aliphatic rings. The fourth-order valence-corrected chi connectivity index (χ4v) is 2.39. The lowest BCUT2D eigenvalue weighted by Gasteiger charge is -2.33. The van der Waals surface area contributed by atoms with Crippen LogP contribution in [0.5, 0.6) is 0 Å². The topological polar surface area (TPSA) is 102 Å². The molecule has 8 nitrogen and oxygen atoms in total. The lowest BCUT2D eigenvalue weighted by molar-refractivity contribution is -0.384. The lowest BCUT2D eigenvalue weighted by atomic mass is 10.1. The highest BCUT2D eigenvalue weighted by molar-refractivity contribution is 5.97. The van der Waals surface area contributed by atoms with E-state index in [9.17, 15) is 19.7 Å². The van der Waals surface area contributed by atoms with Gasteiger partial charge in [-0.1, -0.05) is 6.07 Å². The van der Waals surface area contributed by atoms with E-state index in [4.69, 9.17) is 4.74 Å². The van der Waals surface area contributed by atoms with E-state index < -0.39 is 16.9 Å². The van der Waals surface area contributed by atoms with E-state index in [0.717, 1.165) is 0 Å². The molecule has 1 aliphatic heterocycles. The van der Waals surface area contributed by atoms with Crippen molar-refractivity contribution in [3.8, 4) is 0 Å². The van der Waals surface area contributed by atoms with Crippen LogP contribution in [0, 0.1) is 10.1 Å². The van der Waals surface area contributed by atoms with Crippen LogP contribution in [0.3, 0.4) is 0 Å². The third-order valence-electron chi connectivity index (χ3n) is 3.59. The van der Waals surface area contributed by atoms with E-state index in [1.807, 2.05) is 6.92 Å². The third kappa shape index (κ3) is 4.26. The number of hydrogen-bond acceptors (Lipinski definition) is 5. The van der Waals surface area contributed by atoms with E-state index in [1.165, 1.54) is 24.3 Å². The maximum atomic E-state index is 12.3. The van der Waals surface area contributed by atoms with Gasteiger partial charge in [-0.15, -0.1) is 0 Å². The summed E-state index contributed by atoms with van der Waals surface area (Å²) in [7, 11) is 0. The predicted octanol–water partition coefficient (Wildman–Crippen LogP) is 0.960. The van der Waals surface area contributed by atoms with Crippen LogP contribution < -0.4 is 5.32 Å². The van der Waals surface area contributed by atoms with Gasteiger partial charge < -0.3 is 15.0 Å². The van der Waals surface area contributed by atoms with Gasteiger partial charge in [0.25, 0.3) is 11.6 Å². The molecule has 0 radical (unpaired) electrons. The molecule has 23 heavy (non-hydrogen) atoms. The van der Waals surface area contributed by atoms with Crippen molar-refractivity contribution >= 4 is 17.5 Å². The maximum Gasteiger partial charge on any atom is 0.270 e. The van der Waals surface area contributed by atoms with Gasteiger partial charge in [0, 0.05) is 30.8 Å². The summed E-state index contributed by atoms with van der Waals surface area (Å²) < 4.78 is 5.38. The average molecular weight is 321 g/mol. The Hall–Kier alpha value is -2.48. The molecule has 8 heteroatoms. The molecule has 0 aromatic heterocycles. The Kier molecular flexibility index (Phi) is 5.28. The van der Waals surface area contributed by atoms with Gasteiger partial charge in [-0.25, -0.2) is 0 Å². The minimum absolute atomic E-state index is 0.0348. The summed E-state index contributed by atoms with van der Waals surface area (Å²) in [5.74, 6) is -0.713. The summed E-state index contributed by atoms with van der Waals surface area (Å²) in [6.07, 6.45) is -0.0348. The lowest BCUT2D eigenvalue weighted by Crippen LogP contribution is -2.52. The first-order valence-electron chi connectivity index (χ1n) is 7.34. The van der Waals surface area contributed by atoms with Crippen LogP contribution in [0.15, 0.2) is 24.3 Å². The molecule has 1 fully saturated rings. The minimum atomic E-state index is -0.716. The van der Waals surface area contributed by atoms with Gasteiger partial charge in [-0.2, -0.15) is 0 Å². The quantitative estimate of drug-likeness (QED) is 0.657. The number of nitro benzene ring substituents is 1. The number of morpholine rings is 1. The number of nitrogens with zero attached hydrogens (tertiary/aromatic N) is 2. The molecule has 2 amide bonds. The maximum absolute atomic E-state index is 12.3. The molecule has 2 atom stereocenters. The molecule has 0 aliphatic carbocycles. The molecule has 1 aromatic rings. The summed E-state index contributed by atoms with van der Waals surface area (Å²) in [5, 5.41) is 13.3. The van der Waals surface area contributed by atoms with Gasteiger partial charge in [0.2, 0.25) is 5.91 Å². The van der Waals surface area contributed by atoms with Gasteiger partial charge in [0.15, 0.2) is 0 Å². The van der Waals surface area contributed by atoms with E-state index >= 15 is 0 Å². The Bertz CT molecular complexity index is 619. The molecular weight excluding hydrogens is 302 g/mol. The Labute approximate surface area is 133 Å². The van der Waals surface area contributed by atoms with Crippen molar-refractivity contribution in [2.24, 2.45) is 0 Å². The Morgan fingerprint density at radius 1 is 1.48 bits per heavy atom. The van der Waals surface area contributed by atoms with Crippen LogP contribution in [0.25, 0.3) is 0 Å². The summed E-state index contributed by atoms with van der Waals surface area (Å²) in [4.78, 5) is 36.3. The van der Waals surface area contributed by atoms with Crippen molar-refractivity contribution in [3.05, 3.63) is 39.9 Å². The summed E-state index contributed by atoms with van der Waals surface area (Å²) in [5.41, 5.74) is -0.0205.